The Morgan fingerprint density at radius 1 is 1.10 bits per heavy atom. The van der Waals surface area contributed by atoms with Crippen LogP contribution in [0.5, 0.6) is 0 Å². The Balaban J connectivity index is 1.32. The van der Waals surface area contributed by atoms with Gasteiger partial charge in [0.25, 0.3) is 0 Å². The zero-order valence-electron chi connectivity index (χ0n) is 17.5. The Hall–Kier alpha value is -3.19. The molecule has 1 N–H and O–H groups in total. The predicted octanol–water partition coefficient (Wildman–Crippen LogP) is 3.74. The molecule has 0 aliphatic carbocycles. The van der Waals surface area contributed by atoms with Crippen LogP contribution in [0.15, 0.2) is 60.8 Å². The molecule has 2 heterocycles. The SMILES string of the molecule is CN(C)C(=O)Nc1cccc(C2CCN(Cc3cn(-c4ccccc4)nn3)CC2)c1. The minimum absolute atomic E-state index is 0.106. The first-order valence-corrected chi connectivity index (χ1v) is 10.4. The fourth-order valence-corrected chi connectivity index (χ4v) is 3.84. The molecule has 30 heavy (non-hydrogen) atoms. The fourth-order valence-electron chi connectivity index (χ4n) is 3.84. The van der Waals surface area contributed by atoms with Gasteiger partial charge in [0.15, 0.2) is 0 Å². The van der Waals surface area contributed by atoms with Gasteiger partial charge in [0.2, 0.25) is 0 Å². The van der Waals surface area contributed by atoms with E-state index in [0.29, 0.717) is 5.92 Å². The summed E-state index contributed by atoms with van der Waals surface area (Å²) in [5.41, 5.74) is 4.16. The van der Waals surface area contributed by atoms with Gasteiger partial charge in [-0.25, -0.2) is 9.48 Å². The standard InChI is InChI=1S/C23H28N6O/c1-27(2)23(30)24-20-8-6-7-19(15-20)18-11-13-28(14-12-18)16-21-17-29(26-25-21)22-9-4-3-5-10-22/h3-10,15,17-18H,11-14,16H2,1-2H3,(H,24,30). The second-order valence-electron chi connectivity index (χ2n) is 7.99. The molecule has 4 rings (SSSR count). The number of aromatic nitrogens is 3. The summed E-state index contributed by atoms with van der Waals surface area (Å²) in [6.45, 7) is 2.87. The highest BCUT2D eigenvalue weighted by Crippen LogP contribution is 2.30. The van der Waals surface area contributed by atoms with Gasteiger partial charge in [-0.05, 0) is 61.7 Å². The summed E-state index contributed by atoms with van der Waals surface area (Å²) in [4.78, 5) is 15.9. The molecule has 0 spiro atoms. The number of piperidine rings is 1. The van der Waals surface area contributed by atoms with E-state index in [4.69, 9.17) is 0 Å². The Bertz CT molecular complexity index is 976. The van der Waals surface area contributed by atoms with Gasteiger partial charge in [-0.15, -0.1) is 5.10 Å². The predicted molar refractivity (Wildman–Crippen MR) is 118 cm³/mol. The number of hydrogen-bond acceptors (Lipinski definition) is 4. The molecule has 1 saturated heterocycles. The third-order valence-corrected chi connectivity index (χ3v) is 5.55. The number of carbonyl (C=O) groups excluding carboxylic acids is 1. The van der Waals surface area contributed by atoms with Crippen LogP contribution in [0.3, 0.4) is 0 Å². The first-order chi connectivity index (χ1) is 14.6. The van der Waals surface area contributed by atoms with E-state index < -0.39 is 0 Å². The normalized spacial score (nSPS) is 15.1. The second-order valence-corrected chi connectivity index (χ2v) is 7.99. The minimum atomic E-state index is -0.106. The van der Waals surface area contributed by atoms with Gasteiger partial charge in [0.05, 0.1) is 17.6 Å². The van der Waals surface area contributed by atoms with Crippen molar-refractivity contribution in [1.82, 2.24) is 24.8 Å². The molecule has 1 aliphatic rings. The third kappa shape index (κ3) is 4.86. The molecule has 7 heteroatoms. The van der Waals surface area contributed by atoms with Crippen molar-refractivity contribution < 1.29 is 4.79 Å². The number of nitrogens with zero attached hydrogens (tertiary/aromatic N) is 5. The maximum Gasteiger partial charge on any atom is 0.321 e. The quantitative estimate of drug-likeness (QED) is 0.704. The molecule has 2 aromatic carbocycles. The van der Waals surface area contributed by atoms with Crippen LogP contribution in [0.2, 0.25) is 0 Å². The van der Waals surface area contributed by atoms with Gasteiger partial charge in [-0.3, -0.25) is 4.90 Å². The summed E-state index contributed by atoms with van der Waals surface area (Å²) in [5, 5.41) is 11.5. The Labute approximate surface area is 177 Å². The molecule has 1 aromatic heterocycles. The van der Waals surface area contributed by atoms with Gasteiger partial charge in [0, 0.05) is 26.3 Å². The zero-order valence-corrected chi connectivity index (χ0v) is 17.5. The molecular weight excluding hydrogens is 376 g/mol. The third-order valence-electron chi connectivity index (χ3n) is 5.55. The first kappa shape index (κ1) is 20.1. The van der Waals surface area contributed by atoms with Crippen molar-refractivity contribution in [2.45, 2.75) is 25.3 Å². The largest absolute Gasteiger partial charge is 0.331 e. The van der Waals surface area contributed by atoms with Crippen molar-refractivity contribution in [2.75, 3.05) is 32.5 Å². The summed E-state index contributed by atoms with van der Waals surface area (Å²) >= 11 is 0. The monoisotopic (exact) mass is 404 g/mol. The van der Waals surface area contributed by atoms with Crippen LogP contribution in [0.1, 0.15) is 30.0 Å². The fraction of sp³-hybridized carbons (Fsp3) is 0.348. The van der Waals surface area contributed by atoms with Crippen molar-refractivity contribution >= 4 is 11.7 Å². The number of anilines is 1. The Kier molecular flexibility index (Phi) is 6.09. The van der Waals surface area contributed by atoms with E-state index in [1.807, 2.05) is 53.3 Å². The molecule has 1 fully saturated rings. The van der Waals surface area contributed by atoms with Crippen molar-refractivity contribution in [1.29, 1.82) is 0 Å². The highest BCUT2D eigenvalue weighted by molar-refractivity contribution is 5.89. The topological polar surface area (TPSA) is 66.3 Å². The molecule has 0 radical (unpaired) electrons. The average Bonchev–Trinajstić information content (AvgIpc) is 3.23. The number of benzene rings is 2. The van der Waals surface area contributed by atoms with Crippen molar-refractivity contribution in [3.63, 3.8) is 0 Å². The molecule has 0 atom stereocenters. The maximum absolute atomic E-state index is 11.9. The first-order valence-electron chi connectivity index (χ1n) is 10.4. The lowest BCUT2D eigenvalue weighted by molar-refractivity contribution is 0.202. The molecule has 0 bridgehead atoms. The Morgan fingerprint density at radius 3 is 2.60 bits per heavy atom. The van der Waals surface area contributed by atoms with E-state index >= 15 is 0 Å². The highest BCUT2D eigenvalue weighted by Gasteiger charge is 2.22. The van der Waals surface area contributed by atoms with E-state index in [-0.39, 0.29) is 6.03 Å². The summed E-state index contributed by atoms with van der Waals surface area (Å²) in [5.74, 6) is 0.512. The maximum atomic E-state index is 11.9. The van der Waals surface area contributed by atoms with E-state index in [1.165, 1.54) is 5.56 Å². The van der Waals surface area contributed by atoms with Crippen LogP contribution in [-0.4, -0.2) is 58.0 Å². The number of hydrogen-bond donors (Lipinski definition) is 1. The smallest absolute Gasteiger partial charge is 0.321 e. The number of urea groups is 1. The molecular formula is C23H28N6O. The lowest BCUT2D eigenvalue weighted by atomic mass is 9.89. The van der Waals surface area contributed by atoms with Crippen molar-refractivity contribution in [3.05, 3.63) is 72.1 Å². The van der Waals surface area contributed by atoms with Crippen molar-refractivity contribution in [3.8, 4) is 5.69 Å². The average molecular weight is 405 g/mol. The minimum Gasteiger partial charge on any atom is -0.331 e. The van der Waals surface area contributed by atoms with E-state index in [2.05, 4.69) is 32.7 Å². The molecule has 3 aromatic rings. The van der Waals surface area contributed by atoms with Crippen LogP contribution in [-0.2, 0) is 6.54 Å². The molecule has 1 aliphatic heterocycles. The number of amides is 2. The highest BCUT2D eigenvalue weighted by atomic mass is 16.2. The number of likely N-dealkylation sites (tertiary alicyclic amines) is 1. The van der Waals surface area contributed by atoms with Gasteiger partial charge in [0.1, 0.15) is 0 Å². The molecule has 7 nitrogen and oxygen atoms in total. The molecule has 0 unspecified atom stereocenters. The Morgan fingerprint density at radius 2 is 1.87 bits per heavy atom. The number of rotatable bonds is 5. The van der Waals surface area contributed by atoms with E-state index in [1.54, 1.807) is 19.0 Å². The van der Waals surface area contributed by atoms with Crippen LogP contribution >= 0.6 is 0 Å². The number of nitrogens with one attached hydrogen (secondary N) is 1. The van der Waals surface area contributed by atoms with Crippen LogP contribution in [0.4, 0.5) is 10.5 Å². The van der Waals surface area contributed by atoms with E-state index in [9.17, 15) is 4.79 Å². The second kappa shape index (κ2) is 9.09. The van der Waals surface area contributed by atoms with Gasteiger partial charge >= 0.3 is 6.03 Å². The van der Waals surface area contributed by atoms with Gasteiger partial charge in [-0.1, -0.05) is 35.5 Å². The summed E-state index contributed by atoms with van der Waals surface area (Å²) in [7, 11) is 3.49. The summed E-state index contributed by atoms with van der Waals surface area (Å²) in [6, 6.07) is 18.2. The molecule has 0 saturated carbocycles. The number of carbonyl (C=O) groups is 1. The van der Waals surface area contributed by atoms with Crippen LogP contribution < -0.4 is 5.32 Å². The van der Waals surface area contributed by atoms with Crippen molar-refractivity contribution in [2.24, 2.45) is 0 Å². The summed E-state index contributed by atoms with van der Waals surface area (Å²) in [6.07, 6.45) is 4.20. The lowest BCUT2D eigenvalue weighted by Gasteiger charge is -2.31. The van der Waals surface area contributed by atoms with Crippen LogP contribution in [0.25, 0.3) is 5.69 Å². The van der Waals surface area contributed by atoms with Gasteiger partial charge in [-0.2, -0.15) is 0 Å². The molecule has 156 valence electrons. The van der Waals surface area contributed by atoms with E-state index in [0.717, 1.165) is 49.5 Å². The zero-order chi connectivity index (χ0) is 20.9. The molecule has 2 amide bonds. The van der Waals surface area contributed by atoms with Crippen LogP contribution in [0, 0.1) is 0 Å². The van der Waals surface area contributed by atoms with Gasteiger partial charge < -0.3 is 10.2 Å². The number of para-hydroxylation sites is 1. The lowest BCUT2D eigenvalue weighted by Crippen LogP contribution is -2.32. The summed E-state index contributed by atoms with van der Waals surface area (Å²) < 4.78 is 1.83.